The summed E-state index contributed by atoms with van der Waals surface area (Å²) in [6.45, 7) is 1.77. The summed E-state index contributed by atoms with van der Waals surface area (Å²) in [5, 5.41) is 3.09. The highest BCUT2D eigenvalue weighted by atomic mass is 35.5. The Hall–Kier alpha value is -2.33. The monoisotopic (exact) mass is 478 g/mol. The van der Waals surface area contributed by atoms with Crippen molar-refractivity contribution in [3.05, 3.63) is 59.8 Å². The Kier molecular flexibility index (Phi) is 7.10. The second-order valence-corrected chi connectivity index (χ2v) is 10.9. The fraction of sp³-hybridized carbons (Fsp3) is 0.238. The van der Waals surface area contributed by atoms with Crippen LogP contribution in [0.5, 0.6) is 0 Å². The van der Waals surface area contributed by atoms with Gasteiger partial charge in [-0.3, -0.25) is 4.79 Å². The number of aromatic nitrogens is 2. The van der Waals surface area contributed by atoms with Crippen LogP contribution in [-0.4, -0.2) is 47.5 Å². The lowest BCUT2D eigenvalue weighted by Gasteiger charge is -2.15. The molecule has 164 valence electrons. The van der Waals surface area contributed by atoms with Crippen LogP contribution in [0, 0.1) is 0 Å². The second-order valence-electron chi connectivity index (χ2n) is 7.03. The van der Waals surface area contributed by atoms with E-state index in [1.807, 2.05) is 41.9 Å². The number of sulfonamides is 1. The van der Waals surface area contributed by atoms with Crippen LogP contribution in [0.2, 0.25) is 5.02 Å². The van der Waals surface area contributed by atoms with Crippen molar-refractivity contribution in [3.8, 4) is 11.3 Å². The lowest BCUT2D eigenvalue weighted by Crippen LogP contribution is -2.24. The number of nitrogens with one attached hydrogen (secondary N) is 1. The van der Waals surface area contributed by atoms with Crippen molar-refractivity contribution in [1.82, 2.24) is 13.9 Å². The number of benzene rings is 2. The van der Waals surface area contributed by atoms with E-state index in [2.05, 4.69) is 10.3 Å². The Labute approximate surface area is 191 Å². The molecule has 0 radical (unpaired) electrons. The molecule has 3 rings (SSSR count). The number of hydrogen-bond acceptors (Lipinski definition) is 5. The summed E-state index contributed by atoms with van der Waals surface area (Å²) in [6.07, 6.45) is 1.78. The first-order valence-electron chi connectivity index (χ1n) is 9.38. The van der Waals surface area contributed by atoms with Crippen LogP contribution in [0.15, 0.2) is 64.8 Å². The minimum atomic E-state index is -3.73. The molecule has 0 fully saturated rings. The van der Waals surface area contributed by atoms with E-state index >= 15 is 0 Å². The van der Waals surface area contributed by atoms with Crippen LogP contribution >= 0.6 is 23.4 Å². The van der Waals surface area contributed by atoms with Crippen LogP contribution in [-0.2, 0) is 21.9 Å². The number of halogens is 1. The normalized spacial score (nSPS) is 12.7. The topological polar surface area (TPSA) is 84.3 Å². The molecule has 1 unspecified atom stereocenters. The van der Waals surface area contributed by atoms with Gasteiger partial charge in [-0.15, -0.1) is 0 Å². The summed E-state index contributed by atoms with van der Waals surface area (Å²) in [4.78, 5) is 17.1. The molecule has 1 aromatic heterocycles. The summed E-state index contributed by atoms with van der Waals surface area (Å²) in [6, 6.07) is 14.3. The first kappa shape index (κ1) is 23.3. The molecular formula is C21H23ClN4O3S2. The van der Waals surface area contributed by atoms with Crippen LogP contribution in [0.25, 0.3) is 11.3 Å². The van der Waals surface area contributed by atoms with Gasteiger partial charge in [0.25, 0.3) is 0 Å². The van der Waals surface area contributed by atoms with Gasteiger partial charge in [0.2, 0.25) is 15.9 Å². The maximum absolute atomic E-state index is 12.7. The summed E-state index contributed by atoms with van der Waals surface area (Å²) in [5.74, 6) is -0.273. The number of nitrogens with zero attached hydrogens (tertiary/aromatic N) is 3. The number of hydrogen-bond donors (Lipinski definition) is 1. The second kappa shape index (κ2) is 9.44. The predicted molar refractivity (Wildman–Crippen MR) is 125 cm³/mol. The zero-order chi connectivity index (χ0) is 22.8. The van der Waals surface area contributed by atoms with Crippen molar-refractivity contribution >= 4 is 45.0 Å². The van der Waals surface area contributed by atoms with Gasteiger partial charge < -0.3 is 9.88 Å². The van der Waals surface area contributed by atoms with Gasteiger partial charge in [-0.25, -0.2) is 17.7 Å². The zero-order valence-electron chi connectivity index (χ0n) is 17.5. The molecule has 1 atom stereocenters. The fourth-order valence-corrected chi connectivity index (χ4v) is 5.06. The minimum Gasteiger partial charge on any atom is -0.325 e. The van der Waals surface area contributed by atoms with Crippen molar-refractivity contribution in [1.29, 1.82) is 0 Å². The van der Waals surface area contributed by atoms with Crippen LogP contribution in [0.4, 0.5) is 5.69 Å². The zero-order valence-corrected chi connectivity index (χ0v) is 19.9. The molecule has 0 aliphatic heterocycles. The maximum Gasteiger partial charge on any atom is 0.244 e. The Morgan fingerprint density at radius 3 is 2.52 bits per heavy atom. The van der Waals surface area contributed by atoms with Gasteiger partial charge in [-0.1, -0.05) is 53.7 Å². The number of rotatable bonds is 7. The maximum atomic E-state index is 12.7. The standard InChI is InChI=1S/C21H23ClN4O3S2/c1-14(30-21-23-13-18(26(21)4)15-8-6-5-7-9-15)20(27)24-16-10-11-17(22)19(12-16)31(28,29)25(2)3/h5-14H,1-4H3,(H,24,27). The number of imidazole rings is 1. The molecule has 2 aromatic carbocycles. The van der Waals surface area contributed by atoms with Gasteiger partial charge in [0, 0.05) is 26.8 Å². The first-order valence-corrected chi connectivity index (χ1v) is 12.1. The average molecular weight is 479 g/mol. The van der Waals surface area contributed by atoms with E-state index in [-0.39, 0.29) is 15.8 Å². The lowest BCUT2D eigenvalue weighted by atomic mass is 10.2. The molecule has 10 heteroatoms. The van der Waals surface area contributed by atoms with E-state index in [9.17, 15) is 13.2 Å². The van der Waals surface area contributed by atoms with Gasteiger partial charge in [0.05, 0.1) is 22.2 Å². The van der Waals surface area contributed by atoms with Crippen LogP contribution in [0.1, 0.15) is 6.92 Å². The molecule has 0 spiro atoms. The Morgan fingerprint density at radius 2 is 1.87 bits per heavy atom. The van der Waals surface area contributed by atoms with E-state index < -0.39 is 15.3 Å². The largest absolute Gasteiger partial charge is 0.325 e. The predicted octanol–water partition coefficient (Wildman–Crippen LogP) is 4.11. The number of anilines is 1. The van der Waals surface area contributed by atoms with Gasteiger partial charge in [-0.05, 0) is 30.7 Å². The van der Waals surface area contributed by atoms with Crippen molar-refractivity contribution in [2.24, 2.45) is 7.05 Å². The highest BCUT2D eigenvalue weighted by Crippen LogP contribution is 2.29. The Morgan fingerprint density at radius 1 is 1.19 bits per heavy atom. The highest BCUT2D eigenvalue weighted by molar-refractivity contribution is 8.00. The molecule has 1 N–H and O–H groups in total. The molecule has 0 aliphatic carbocycles. The quantitative estimate of drug-likeness (QED) is 0.516. The Bertz CT molecular complexity index is 1190. The van der Waals surface area contributed by atoms with Crippen molar-refractivity contribution in [2.45, 2.75) is 22.2 Å². The third kappa shape index (κ3) is 5.12. The van der Waals surface area contributed by atoms with Crippen molar-refractivity contribution in [3.63, 3.8) is 0 Å². The molecule has 0 aliphatic rings. The molecule has 0 saturated heterocycles. The van der Waals surface area contributed by atoms with E-state index in [0.717, 1.165) is 15.6 Å². The third-order valence-electron chi connectivity index (χ3n) is 4.62. The summed E-state index contributed by atoms with van der Waals surface area (Å²) in [7, 11) is 1.02. The molecule has 31 heavy (non-hydrogen) atoms. The first-order chi connectivity index (χ1) is 14.6. The van der Waals surface area contributed by atoms with Gasteiger partial charge in [0.1, 0.15) is 4.90 Å². The smallest absolute Gasteiger partial charge is 0.244 e. The third-order valence-corrected chi connectivity index (χ3v) is 8.08. The molecule has 0 saturated carbocycles. The molecular weight excluding hydrogens is 456 g/mol. The van der Waals surface area contributed by atoms with E-state index in [1.54, 1.807) is 19.2 Å². The summed E-state index contributed by atoms with van der Waals surface area (Å²) >= 11 is 7.39. The van der Waals surface area contributed by atoms with E-state index in [4.69, 9.17) is 11.6 Å². The number of carbonyl (C=O) groups is 1. The SMILES string of the molecule is CC(Sc1ncc(-c2ccccc2)n1C)C(=O)Nc1ccc(Cl)c(S(=O)(=O)N(C)C)c1. The summed E-state index contributed by atoms with van der Waals surface area (Å²) < 4.78 is 27.9. The van der Waals surface area contributed by atoms with Gasteiger partial charge in [-0.2, -0.15) is 0 Å². The molecule has 3 aromatic rings. The van der Waals surface area contributed by atoms with E-state index in [1.165, 1.54) is 38.0 Å². The van der Waals surface area contributed by atoms with Crippen molar-refractivity contribution in [2.75, 3.05) is 19.4 Å². The van der Waals surface area contributed by atoms with Gasteiger partial charge >= 0.3 is 0 Å². The fourth-order valence-electron chi connectivity index (χ4n) is 2.81. The van der Waals surface area contributed by atoms with Gasteiger partial charge in [0.15, 0.2) is 5.16 Å². The summed E-state index contributed by atoms with van der Waals surface area (Å²) in [5.41, 5.74) is 2.34. The Balaban J connectivity index is 1.75. The van der Waals surface area contributed by atoms with Crippen LogP contribution < -0.4 is 5.32 Å². The number of amides is 1. The highest BCUT2D eigenvalue weighted by Gasteiger charge is 2.23. The number of thioether (sulfide) groups is 1. The minimum absolute atomic E-state index is 0.0612. The molecule has 1 heterocycles. The van der Waals surface area contributed by atoms with Crippen molar-refractivity contribution < 1.29 is 13.2 Å². The average Bonchev–Trinajstić information content (AvgIpc) is 3.09. The lowest BCUT2D eigenvalue weighted by molar-refractivity contribution is -0.115. The molecule has 1 amide bonds. The van der Waals surface area contributed by atoms with E-state index in [0.29, 0.717) is 10.8 Å². The van der Waals surface area contributed by atoms with Crippen LogP contribution in [0.3, 0.4) is 0 Å². The molecule has 0 bridgehead atoms. The molecule has 7 nitrogen and oxygen atoms in total. The number of carbonyl (C=O) groups excluding carboxylic acids is 1.